The molecule has 0 spiro atoms. The summed E-state index contributed by atoms with van der Waals surface area (Å²) in [6.45, 7) is 10.7. The van der Waals surface area contributed by atoms with Crippen molar-refractivity contribution in [1.82, 2.24) is 10.2 Å². The molecule has 0 aliphatic heterocycles. The highest BCUT2D eigenvalue weighted by atomic mass is 16.5. The first-order chi connectivity index (χ1) is 13.8. The van der Waals surface area contributed by atoms with Gasteiger partial charge < -0.3 is 15.0 Å². The molecule has 1 N–H and O–H groups in total. The fraction of sp³-hybridized carbons (Fsp3) is 0.417. The standard InChI is InChI=1S/C24H32N2O3/c1-17(2)14-25-24(28)20(5)26(15-21-9-7-6-8-19(21)4)23(27)16-29-22-12-10-18(3)11-13-22/h6-13,17,20H,14-16H2,1-5H3,(H,25,28)/t20-/m0/s1. The summed E-state index contributed by atoms with van der Waals surface area (Å²) in [6.07, 6.45) is 0. The molecule has 2 rings (SSSR count). The molecule has 1 atom stereocenters. The molecule has 5 heteroatoms. The number of ether oxygens (including phenoxy) is 1. The molecule has 0 fully saturated rings. The highest BCUT2D eigenvalue weighted by molar-refractivity contribution is 5.88. The van der Waals surface area contributed by atoms with Crippen LogP contribution in [0, 0.1) is 19.8 Å². The zero-order valence-electron chi connectivity index (χ0n) is 18.1. The molecular formula is C24H32N2O3. The monoisotopic (exact) mass is 396 g/mol. The van der Waals surface area contributed by atoms with Crippen molar-refractivity contribution in [1.29, 1.82) is 0 Å². The Balaban J connectivity index is 2.13. The Morgan fingerprint density at radius 3 is 2.28 bits per heavy atom. The van der Waals surface area contributed by atoms with Crippen molar-refractivity contribution in [2.24, 2.45) is 5.92 Å². The van der Waals surface area contributed by atoms with Crippen molar-refractivity contribution in [3.8, 4) is 5.75 Å². The Morgan fingerprint density at radius 1 is 1.00 bits per heavy atom. The average molecular weight is 397 g/mol. The lowest BCUT2D eigenvalue weighted by atomic mass is 10.1. The maximum atomic E-state index is 13.0. The first kappa shape index (κ1) is 22.5. The summed E-state index contributed by atoms with van der Waals surface area (Å²) in [5, 5.41) is 2.92. The number of hydrogen-bond donors (Lipinski definition) is 1. The Hall–Kier alpha value is -2.82. The highest BCUT2D eigenvalue weighted by Gasteiger charge is 2.26. The van der Waals surface area contributed by atoms with Crippen LogP contribution in [0.15, 0.2) is 48.5 Å². The summed E-state index contributed by atoms with van der Waals surface area (Å²) in [4.78, 5) is 27.2. The van der Waals surface area contributed by atoms with Crippen LogP contribution in [-0.4, -0.2) is 35.9 Å². The number of carbonyl (C=O) groups is 2. The minimum Gasteiger partial charge on any atom is -0.484 e. The number of nitrogens with one attached hydrogen (secondary N) is 1. The molecule has 29 heavy (non-hydrogen) atoms. The number of rotatable bonds is 9. The van der Waals surface area contributed by atoms with Crippen molar-refractivity contribution in [2.75, 3.05) is 13.2 Å². The second kappa shape index (κ2) is 10.6. The second-order valence-electron chi connectivity index (χ2n) is 7.86. The van der Waals surface area contributed by atoms with Gasteiger partial charge in [0.05, 0.1) is 0 Å². The van der Waals surface area contributed by atoms with Gasteiger partial charge in [0.25, 0.3) is 5.91 Å². The lowest BCUT2D eigenvalue weighted by Crippen LogP contribution is -2.49. The Bertz CT molecular complexity index is 815. The number of benzene rings is 2. The van der Waals surface area contributed by atoms with E-state index < -0.39 is 6.04 Å². The van der Waals surface area contributed by atoms with E-state index in [1.807, 2.05) is 76.2 Å². The molecule has 0 heterocycles. The van der Waals surface area contributed by atoms with E-state index in [4.69, 9.17) is 4.74 Å². The summed E-state index contributed by atoms with van der Waals surface area (Å²) in [7, 11) is 0. The van der Waals surface area contributed by atoms with E-state index >= 15 is 0 Å². The van der Waals surface area contributed by atoms with Crippen LogP contribution in [0.4, 0.5) is 0 Å². The van der Waals surface area contributed by atoms with Gasteiger partial charge in [-0.1, -0.05) is 55.8 Å². The summed E-state index contributed by atoms with van der Waals surface area (Å²) < 4.78 is 5.68. The molecule has 0 aliphatic carbocycles. The third-order valence-corrected chi connectivity index (χ3v) is 4.84. The van der Waals surface area contributed by atoms with E-state index in [1.54, 1.807) is 11.8 Å². The molecule has 5 nitrogen and oxygen atoms in total. The number of nitrogens with zero attached hydrogens (tertiary/aromatic N) is 1. The highest BCUT2D eigenvalue weighted by Crippen LogP contribution is 2.15. The molecular weight excluding hydrogens is 364 g/mol. The molecule has 0 unspecified atom stereocenters. The van der Waals surface area contributed by atoms with Crippen LogP contribution >= 0.6 is 0 Å². The van der Waals surface area contributed by atoms with Crippen LogP contribution in [0.25, 0.3) is 0 Å². The van der Waals surface area contributed by atoms with Crippen LogP contribution < -0.4 is 10.1 Å². The van der Waals surface area contributed by atoms with Gasteiger partial charge in [-0.05, 0) is 49.9 Å². The van der Waals surface area contributed by atoms with Crippen molar-refractivity contribution >= 4 is 11.8 Å². The third-order valence-electron chi connectivity index (χ3n) is 4.84. The van der Waals surface area contributed by atoms with Crippen LogP contribution in [0.2, 0.25) is 0 Å². The van der Waals surface area contributed by atoms with E-state index in [0.29, 0.717) is 24.8 Å². The minimum absolute atomic E-state index is 0.114. The van der Waals surface area contributed by atoms with Gasteiger partial charge in [-0.25, -0.2) is 0 Å². The summed E-state index contributed by atoms with van der Waals surface area (Å²) in [5.41, 5.74) is 3.22. The maximum Gasteiger partial charge on any atom is 0.261 e. The summed E-state index contributed by atoms with van der Waals surface area (Å²) in [6, 6.07) is 14.9. The Kier molecular flexibility index (Phi) is 8.25. The molecule has 0 aromatic heterocycles. The van der Waals surface area contributed by atoms with Gasteiger partial charge in [-0.2, -0.15) is 0 Å². The maximum absolute atomic E-state index is 13.0. The minimum atomic E-state index is -0.595. The van der Waals surface area contributed by atoms with E-state index in [-0.39, 0.29) is 18.4 Å². The third kappa shape index (κ3) is 6.93. The molecule has 2 aromatic rings. The molecule has 156 valence electrons. The van der Waals surface area contributed by atoms with E-state index in [0.717, 1.165) is 16.7 Å². The largest absolute Gasteiger partial charge is 0.484 e. The average Bonchev–Trinajstić information content (AvgIpc) is 2.70. The van der Waals surface area contributed by atoms with Crippen LogP contribution in [0.3, 0.4) is 0 Å². The van der Waals surface area contributed by atoms with Crippen LogP contribution in [0.5, 0.6) is 5.75 Å². The predicted octanol–water partition coefficient (Wildman–Crippen LogP) is 3.87. The van der Waals surface area contributed by atoms with Gasteiger partial charge in [0.2, 0.25) is 5.91 Å². The van der Waals surface area contributed by atoms with E-state index in [9.17, 15) is 9.59 Å². The summed E-state index contributed by atoms with van der Waals surface area (Å²) >= 11 is 0. The Labute approximate surface area is 174 Å². The van der Waals surface area contributed by atoms with Gasteiger partial charge >= 0.3 is 0 Å². The zero-order chi connectivity index (χ0) is 21.4. The lowest BCUT2D eigenvalue weighted by molar-refractivity contribution is -0.142. The van der Waals surface area contributed by atoms with E-state index in [2.05, 4.69) is 5.32 Å². The zero-order valence-corrected chi connectivity index (χ0v) is 18.1. The SMILES string of the molecule is Cc1ccc(OCC(=O)N(Cc2ccccc2C)[C@@H](C)C(=O)NCC(C)C)cc1. The van der Waals surface area contributed by atoms with Crippen LogP contribution in [-0.2, 0) is 16.1 Å². The Morgan fingerprint density at radius 2 is 1.66 bits per heavy atom. The molecule has 0 saturated carbocycles. The van der Waals surface area contributed by atoms with Crippen molar-refractivity contribution in [3.05, 3.63) is 65.2 Å². The van der Waals surface area contributed by atoms with Gasteiger partial charge in [0, 0.05) is 13.1 Å². The van der Waals surface area contributed by atoms with Gasteiger partial charge in [-0.3, -0.25) is 9.59 Å². The molecule has 2 amide bonds. The molecule has 2 aromatic carbocycles. The van der Waals surface area contributed by atoms with Gasteiger partial charge in [0.15, 0.2) is 6.61 Å². The number of aryl methyl sites for hydroxylation is 2. The normalized spacial score (nSPS) is 11.8. The smallest absolute Gasteiger partial charge is 0.261 e. The first-order valence-corrected chi connectivity index (χ1v) is 10.1. The topological polar surface area (TPSA) is 58.6 Å². The van der Waals surface area contributed by atoms with E-state index in [1.165, 1.54) is 0 Å². The number of carbonyl (C=O) groups excluding carboxylic acids is 2. The molecule has 0 bridgehead atoms. The predicted molar refractivity (Wildman–Crippen MR) is 116 cm³/mol. The quantitative estimate of drug-likeness (QED) is 0.700. The van der Waals surface area contributed by atoms with Gasteiger partial charge in [0.1, 0.15) is 11.8 Å². The molecule has 0 saturated heterocycles. The number of hydrogen-bond acceptors (Lipinski definition) is 3. The van der Waals surface area contributed by atoms with Gasteiger partial charge in [-0.15, -0.1) is 0 Å². The molecule has 0 aliphatic rings. The lowest BCUT2D eigenvalue weighted by Gasteiger charge is -2.29. The van der Waals surface area contributed by atoms with Crippen LogP contribution in [0.1, 0.15) is 37.5 Å². The first-order valence-electron chi connectivity index (χ1n) is 10.1. The fourth-order valence-corrected chi connectivity index (χ4v) is 2.87. The van der Waals surface area contributed by atoms with Crippen molar-refractivity contribution in [3.63, 3.8) is 0 Å². The second-order valence-corrected chi connectivity index (χ2v) is 7.86. The van der Waals surface area contributed by atoms with Crippen molar-refractivity contribution in [2.45, 2.75) is 47.2 Å². The van der Waals surface area contributed by atoms with Crippen molar-refractivity contribution < 1.29 is 14.3 Å². The molecule has 0 radical (unpaired) electrons. The summed E-state index contributed by atoms with van der Waals surface area (Å²) in [5.74, 6) is 0.602. The number of amides is 2. The fourth-order valence-electron chi connectivity index (χ4n) is 2.87.